The molecular formula is C13H15F3N2. The molecule has 98 valence electrons. The van der Waals surface area contributed by atoms with E-state index in [0.29, 0.717) is 5.39 Å². The molecule has 0 amide bonds. The van der Waals surface area contributed by atoms with Gasteiger partial charge in [0, 0.05) is 30.2 Å². The number of halogens is 3. The van der Waals surface area contributed by atoms with E-state index >= 15 is 0 Å². The number of fused-ring (bicyclic) bond motifs is 1. The normalized spacial score (nSPS) is 12.6. The van der Waals surface area contributed by atoms with Gasteiger partial charge in [-0.05, 0) is 38.4 Å². The van der Waals surface area contributed by atoms with Crippen molar-refractivity contribution in [1.29, 1.82) is 0 Å². The molecule has 2 aromatic rings. The van der Waals surface area contributed by atoms with Gasteiger partial charge in [-0.2, -0.15) is 13.2 Å². The van der Waals surface area contributed by atoms with Crippen LogP contribution in [0, 0.1) is 0 Å². The van der Waals surface area contributed by atoms with E-state index in [0.717, 1.165) is 24.7 Å². The van der Waals surface area contributed by atoms with E-state index in [1.165, 1.54) is 12.1 Å². The van der Waals surface area contributed by atoms with E-state index in [1.54, 1.807) is 6.07 Å². The highest BCUT2D eigenvalue weighted by Gasteiger charge is 2.30. The van der Waals surface area contributed by atoms with Crippen LogP contribution in [-0.4, -0.2) is 30.1 Å². The summed E-state index contributed by atoms with van der Waals surface area (Å²) in [4.78, 5) is 2.04. The predicted octanol–water partition coefficient (Wildman–Crippen LogP) is 3.22. The van der Waals surface area contributed by atoms with Gasteiger partial charge in [0.25, 0.3) is 0 Å². The zero-order valence-corrected chi connectivity index (χ0v) is 10.3. The molecule has 0 saturated carbocycles. The molecule has 0 atom stereocenters. The molecule has 18 heavy (non-hydrogen) atoms. The van der Waals surface area contributed by atoms with E-state index in [1.807, 2.05) is 29.8 Å². The Morgan fingerprint density at radius 2 is 1.89 bits per heavy atom. The maximum atomic E-state index is 12.6. The lowest BCUT2D eigenvalue weighted by Crippen LogP contribution is -2.17. The standard InChI is InChI=1S/C13H15F3N2/c1-17(2)7-8-18-6-5-10-9-11(13(14,15)16)3-4-12(10)18/h3-6,9H,7-8H2,1-2H3. The van der Waals surface area contributed by atoms with Crippen molar-refractivity contribution in [2.45, 2.75) is 12.7 Å². The molecule has 0 N–H and O–H groups in total. The fourth-order valence-corrected chi connectivity index (χ4v) is 1.88. The quantitative estimate of drug-likeness (QED) is 0.818. The Morgan fingerprint density at radius 1 is 1.17 bits per heavy atom. The van der Waals surface area contributed by atoms with E-state index < -0.39 is 11.7 Å². The van der Waals surface area contributed by atoms with Crippen molar-refractivity contribution in [1.82, 2.24) is 9.47 Å². The summed E-state index contributed by atoms with van der Waals surface area (Å²) in [5.41, 5.74) is 0.241. The van der Waals surface area contributed by atoms with Crippen LogP contribution < -0.4 is 0 Å². The van der Waals surface area contributed by atoms with Gasteiger partial charge in [-0.1, -0.05) is 0 Å². The summed E-state index contributed by atoms with van der Waals surface area (Å²) in [6.45, 7) is 1.62. The van der Waals surface area contributed by atoms with Crippen molar-refractivity contribution in [3.63, 3.8) is 0 Å². The van der Waals surface area contributed by atoms with Crippen molar-refractivity contribution in [2.24, 2.45) is 0 Å². The third-order valence-electron chi connectivity index (χ3n) is 2.89. The lowest BCUT2D eigenvalue weighted by Gasteiger charge is -2.11. The van der Waals surface area contributed by atoms with Gasteiger partial charge < -0.3 is 9.47 Å². The van der Waals surface area contributed by atoms with Crippen LogP contribution >= 0.6 is 0 Å². The summed E-state index contributed by atoms with van der Waals surface area (Å²) in [5, 5.41) is 0.628. The Hall–Kier alpha value is -1.49. The van der Waals surface area contributed by atoms with Gasteiger partial charge in [0.1, 0.15) is 0 Å². The number of likely N-dealkylation sites (N-methyl/N-ethyl adjacent to an activating group) is 1. The molecule has 2 rings (SSSR count). The van der Waals surface area contributed by atoms with Crippen LogP contribution in [0.4, 0.5) is 13.2 Å². The zero-order valence-electron chi connectivity index (χ0n) is 10.3. The first kappa shape index (κ1) is 13.0. The number of aromatic nitrogens is 1. The lowest BCUT2D eigenvalue weighted by molar-refractivity contribution is -0.137. The summed E-state index contributed by atoms with van der Waals surface area (Å²) < 4.78 is 39.7. The van der Waals surface area contributed by atoms with Crippen LogP contribution in [0.5, 0.6) is 0 Å². The Kier molecular flexibility index (Phi) is 3.34. The van der Waals surface area contributed by atoms with Gasteiger partial charge in [-0.3, -0.25) is 0 Å². The van der Waals surface area contributed by atoms with Gasteiger partial charge >= 0.3 is 6.18 Å². The fraction of sp³-hybridized carbons (Fsp3) is 0.385. The third-order valence-corrected chi connectivity index (χ3v) is 2.89. The molecule has 0 bridgehead atoms. The van der Waals surface area contributed by atoms with E-state index in [2.05, 4.69) is 0 Å². The van der Waals surface area contributed by atoms with Crippen LogP contribution in [0.2, 0.25) is 0 Å². The van der Waals surface area contributed by atoms with E-state index in [-0.39, 0.29) is 0 Å². The maximum Gasteiger partial charge on any atom is 0.416 e. The highest BCUT2D eigenvalue weighted by atomic mass is 19.4. The molecule has 1 aromatic heterocycles. The molecule has 0 aliphatic carbocycles. The van der Waals surface area contributed by atoms with Gasteiger partial charge in [0.2, 0.25) is 0 Å². The Bertz CT molecular complexity index is 541. The Balaban J connectivity index is 2.32. The average molecular weight is 256 g/mol. The first-order valence-corrected chi connectivity index (χ1v) is 5.69. The topological polar surface area (TPSA) is 8.17 Å². The molecule has 0 radical (unpaired) electrons. The summed E-state index contributed by atoms with van der Waals surface area (Å²) in [5.74, 6) is 0. The molecule has 0 unspecified atom stereocenters. The minimum atomic E-state index is -4.28. The number of rotatable bonds is 3. The average Bonchev–Trinajstić information content (AvgIpc) is 2.67. The van der Waals surface area contributed by atoms with E-state index in [9.17, 15) is 13.2 Å². The van der Waals surface area contributed by atoms with Crippen molar-refractivity contribution >= 4 is 10.9 Å². The van der Waals surface area contributed by atoms with Crippen molar-refractivity contribution in [2.75, 3.05) is 20.6 Å². The second kappa shape index (κ2) is 4.65. The smallest absolute Gasteiger partial charge is 0.346 e. The molecule has 0 spiro atoms. The van der Waals surface area contributed by atoms with Crippen molar-refractivity contribution in [3.8, 4) is 0 Å². The molecular weight excluding hydrogens is 241 g/mol. The summed E-state index contributed by atoms with van der Waals surface area (Å²) in [6, 6.07) is 5.59. The number of hydrogen-bond donors (Lipinski definition) is 0. The number of hydrogen-bond acceptors (Lipinski definition) is 1. The molecule has 5 heteroatoms. The van der Waals surface area contributed by atoms with Crippen LogP contribution in [0.15, 0.2) is 30.5 Å². The molecule has 0 aliphatic heterocycles. The Labute approximate surface area is 104 Å². The molecule has 0 saturated heterocycles. The second-order valence-corrected chi connectivity index (χ2v) is 4.58. The second-order valence-electron chi connectivity index (χ2n) is 4.58. The monoisotopic (exact) mass is 256 g/mol. The number of nitrogens with zero attached hydrogens (tertiary/aromatic N) is 2. The minimum absolute atomic E-state index is 0.597. The molecule has 1 aromatic carbocycles. The summed E-state index contributed by atoms with van der Waals surface area (Å²) >= 11 is 0. The lowest BCUT2D eigenvalue weighted by atomic mass is 10.1. The number of alkyl halides is 3. The van der Waals surface area contributed by atoms with Gasteiger partial charge in [0.05, 0.1) is 5.56 Å². The van der Waals surface area contributed by atoms with Crippen LogP contribution in [0.3, 0.4) is 0 Å². The highest BCUT2D eigenvalue weighted by Crippen LogP contribution is 2.31. The first-order valence-electron chi connectivity index (χ1n) is 5.69. The predicted molar refractivity (Wildman–Crippen MR) is 65.5 cm³/mol. The molecule has 2 nitrogen and oxygen atoms in total. The van der Waals surface area contributed by atoms with Crippen molar-refractivity contribution < 1.29 is 13.2 Å². The maximum absolute atomic E-state index is 12.6. The molecule has 0 aliphatic rings. The van der Waals surface area contributed by atoms with Gasteiger partial charge in [-0.25, -0.2) is 0 Å². The SMILES string of the molecule is CN(C)CCn1ccc2cc(C(F)(F)F)ccc21. The van der Waals surface area contributed by atoms with Crippen molar-refractivity contribution in [3.05, 3.63) is 36.0 Å². The third kappa shape index (κ3) is 2.67. The minimum Gasteiger partial charge on any atom is -0.346 e. The molecule has 0 fully saturated rings. The zero-order chi connectivity index (χ0) is 13.3. The first-order chi connectivity index (χ1) is 8.38. The van der Waals surface area contributed by atoms with E-state index in [4.69, 9.17) is 0 Å². The summed E-state index contributed by atoms with van der Waals surface area (Å²) in [7, 11) is 3.93. The van der Waals surface area contributed by atoms with Crippen LogP contribution in [0.1, 0.15) is 5.56 Å². The van der Waals surface area contributed by atoms with Gasteiger partial charge in [0.15, 0.2) is 0 Å². The van der Waals surface area contributed by atoms with Crippen LogP contribution in [-0.2, 0) is 12.7 Å². The largest absolute Gasteiger partial charge is 0.416 e. The summed E-state index contributed by atoms with van der Waals surface area (Å²) in [6.07, 6.45) is -2.45. The highest BCUT2D eigenvalue weighted by molar-refractivity contribution is 5.81. The van der Waals surface area contributed by atoms with Crippen LogP contribution in [0.25, 0.3) is 10.9 Å². The fourth-order valence-electron chi connectivity index (χ4n) is 1.88. The van der Waals surface area contributed by atoms with Gasteiger partial charge in [-0.15, -0.1) is 0 Å². The number of benzene rings is 1. The molecule has 1 heterocycles. The Morgan fingerprint density at radius 3 is 2.50 bits per heavy atom.